The first-order valence-electron chi connectivity index (χ1n) is 7.87. The molecule has 0 aromatic heterocycles. The minimum atomic E-state index is -0.972. The smallest absolute Gasteiger partial charge is 0.335 e. The highest BCUT2D eigenvalue weighted by molar-refractivity contribution is 5.87. The molecular formula is C17H21NO5. The Morgan fingerprint density at radius 2 is 2.00 bits per heavy atom. The maximum atomic E-state index is 12.2. The SMILES string of the molecule is CC1(C(=O)N[C@@H]2CCOC[C@H]2Oc2ccc(C(=O)O)cc2)CC1. The topological polar surface area (TPSA) is 84.9 Å². The van der Waals surface area contributed by atoms with Crippen LogP contribution in [0, 0.1) is 5.41 Å². The summed E-state index contributed by atoms with van der Waals surface area (Å²) in [7, 11) is 0. The first-order chi connectivity index (χ1) is 11.0. The number of benzene rings is 1. The van der Waals surface area contributed by atoms with Crippen LogP contribution in [0.25, 0.3) is 0 Å². The molecule has 0 unspecified atom stereocenters. The molecule has 0 radical (unpaired) electrons. The second-order valence-electron chi connectivity index (χ2n) is 6.49. The van der Waals surface area contributed by atoms with Crippen LogP contribution in [0.4, 0.5) is 0 Å². The van der Waals surface area contributed by atoms with E-state index in [0.29, 0.717) is 25.4 Å². The fourth-order valence-corrected chi connectivity index (χ4v) is 2.60. The second kappa shape index (κ2) is 6.20. The number of carbonyl (C=O) groups excluding carboxylic acids is 1. The predicted molar refractivity (Wildman–Crippen MR) is 82.5 cm³/mol. The molecule has 1 aliphatic carbocycles. The highest BCUT2D eigenvalue weighted by Crippen LogP contribution is 2.45. The number of ether oxygens (including phenoxy) is 2. The van der Waals surface area contributed by atoms with Crippen LogP contribution in [0.5, 0.6) is 5.75 Å². The number of nitrogens with one attached hydrogen (secondary N) is 1. The van der Waals surface area contributed by atoms with Crippen LogP contribution in [0.2, 0.25) is 0 Å². The third-order valence-corrected chi connectivity index (χ3v) is 4.56. The monoisotopic (exact) mass is 319 g/mol. The van der Waals surface area contributed by atoms with E-state index in [0.717, 1.165) is 12.8 Å². The summed E-state index contributed by atoms with van der Waals surface area (Å²) >= 11 is 0. The Balaban J connectivity index is 1.64. The van der Waals surface area contributed by atoms with Gasteiger partial charge in [-0.3, -0.25) is 4.79 Å². The standard InChI is InChI=1S/C17H21NO5/c1-17(7-8-17)16(21)18-13-6-9-22-10-14(13)23-12-4-2-11(3-5-12)15(19)20/h2-5,13-14H,6-10H2,1H3,(H,18,21)(H,19,20)/t13-,14-/m1/s1. The molecule has 6 nitrogen and oxygen atoms in total. The average Bonchev–Trinajstić information content (AvgIpc) is 3.29. The second-order valence-corrected chi connectivity index (χ2v) is 6.49. The van der Waals surface area contributed by atoms with E-state index in [4.69, 9.17) is 14.6 Å². The van der Waals surface area contributed by atoms with Crippen LogP contribution in [0.3, 0.4) is 0 Å². The van der Waals surface area contributed by atoms with Crippen molar-refractivity contribution in [2.75, 3.05) is 13.2 Å². The molecule has 2 atom stereocenters. The van der Waals surface area contributed by atoms with E-state index in [2.05, 4.69) is 5.32 Å². The number of rotatable bonds is 5. The molecule has 1 saturated carbocycles. The van der Waals surface area contributed by atoms with Gasteiger partial charge in [0, 0.05) is 12.0 Å². The van der Waals surface area contributed by atoms with Gasteiger partial charge in [0.2, 0.25) is 5.91 Å². The van der Waals surface area contributed by atoms with Crippen molar-refractivity contribution in [3.05, 3.63) is 29.8 Å². The zero-order valence-corrected chi connectivity index (χ0v) is 13.1. The summed E-state index contributed by atoms with van der Waals surface area (Å²) in [6, 6.07) is 6.16. The van der Waals surface area contributed by atoms with Crippen LogP contribution >= 0.6 is 0 Å². The lowest BCUT2D eigenvalue weighted by Gasteiger charge is -2.33. The lowest BCUT2D eigenvalue weighted by molar-refractivity contribution is -0.128. The molecule has 1 aliphatic heterocycles. The van der Waals surface area contributed by atoms with Gasteiger partial charge in [0.25, 0.3) is 0 Å². The van der Waals surface area contributed by atoms with Gasteiger partial charge in [0.05, 0.1) is 18.2 Å². The number of aromatic carboxylic acids is 1. The Kier molecular flexibility index (Phi) is 4.26. The van der Waals surface area contributed by atoms with Gasteiger partial charge in [-0.1, -0.05) is 6.92 Å². The van der Waals surface area contributed by atoms with Crippen LogP contribution in [0.15, 0.2) is 24.3 Å². The lowest BCUT2D eigenvalue weighted by atomic mass is 10.0. The van der Waals surface area contributed by atoms with Crippen LogP contribution in [-0.2, 0) is 9.53 Å². The molecule has 23 heavy (non-hydrogen) atoms. The van der Waals surface area contributed by atoms with Crippen molar-refractivity contribution in [2.24, 2.45) is 5.41 Å². The summed E-state index contributed by atoms with van der Waals surface area (Å²) in [6.07, 6.45) is 2.31. The van der Waals surface area contributed by atoms with E-state index in [-0.39, 0.29) is 29.0 Å². The quantitative estimate of drug-likeness (QED) is 0.865. The van der Waals surface area contributed by atoms with Crippen LogP contribution in [0.1, 0.15) is 36.5 Å². The van der Waals surface area contributed by atoms with E-state index in [9.17, 15) is 9.59 Å². The molecule has 1 aromatic rings. The van der Waals surface area contributed by atoms with Gasteiger partial charge in [-0.25, -0.2) is 4.79 Å². The molecule has 1 aromatic carbocycles. The van der Waals surface area contributed by atoms with E-state index in [1.54, 1.807) is 12.1 Å². The third-order valence-electron chi connectivity index (χ3n) is 4.56. The Bertz CT molecular complexity index is 594. The Morgan fingerprint density at radius 1 is 1.30 bits per heavy atom. The van der Waals surface area contributed by atoms with Crippen molar-refractivity contribution in [3.63, 3.8) is 0 Å². The van der Waals surface area contributed by atoms with E-state index in [1.165, 1.54) is 12.1 Å². The molecule has 6 heteroatoms. The molecule has 1 heterocycles. The van der Waals surface area contributed by atoms with Gasteiger partial charge in [-0.15, -0.1) is 0 Å². The van der Waals surface area contributed by atoms with Crippen LogP contribution in [-0.4, -0.2) is 42.3 Å². The molecule has 2 fully saturated rings. The summed E-state index contributed by atoms with van der Waals surface area (Å²) in [5, 5.41) is 12.0. The third kappa shape index (κ3) is 3.64. The van der Waals surface area contributed by atoms with Gasteiger partial charge in [0.15, 0.2) is 0 Å². The Hall–Kier alpha value is -2.08. The van der Waals surface area contributed by atoms with Gasteiger partial charge < -0.3 is 19.9 Å². The highest BCUT2D eigenvalue weighted by atomic mass is 16.5. The summed E-state index contributed by atoms with van der Waals surface area (Å²) in [6.45, 7) is 2.98. The van der Waals surface area contributed by atoms with Crippen molar-refractivity contribution in [1.29, 1.82) is 0 Å². The van der Waals surface area contributed by atoms with Crippen molar-refractivity contribution in [3.8, 4) is 5.75 Å². The number of amides is 1. The first-order valence-corrected chi connectivity index (χ1v) is 7.87. The van der Waals surface area contributed by atoms with Crippen molar-refractivity contribution >= 4 is 11.9 Å². The predicted octanol–water partition coefficient (Wildman–Crippen LogP) is 1.84. The van der Waals surface area contributed by atoms with Gasteiger partial charge in [-0.05, 0) is 43.5 Å². The van der Waals surface area contributed by atoms with E-state index < -0.39 is 5.97 Å². The molecule has 2 aliphatic rings. The van der Waals surface area contributed by atoms with Crippen molar-refractivity contribution in [2.45, 2.75) is 38.3 Å². The van der Waals surface area contributed by atoms with Gasteiger partial charge >= 0.3 is 5.97 Å². The molecule has 1 saturated heterocycles. The van der Waals surface area contributed by atoms with E-state index in [1.807, 2.05) is 6.92 Å². The number of hydrogen-bond acceptors (Lipinski definition) is 4. The maximum absolute atomic E-state index is 12.2. The normalized spacial score (nSPS) is 25.4. The van der Waals surface area contributed by atoms with Gasteiger partial charge in [0.1, 0.15) is 11.9 Å². The fraction of sp³-hybridized carbons (Fsp3) is 0.529. The molecular weight excluding hydrogens is 298 g/mol. The minimum Gasteiger partial charge on any atom is -0.486 e. The largest absolute Gasteiger partial charge is 0.486 e. The Labute approximate surface area is 134 Å². The summed E-state index contributed by atoms with van der Waals surface area (Å²) < 4.78 is 11.4. The van der Waals surface area contributed by atoms with Crippen LogP contribution < -0.4 is 10.1 Å². The Morgan fingerprint density at radius 3 is 2.61 bits per heavy atom. The van der Waals surface area contributed by atoms with E-state index >= 15 is 0 Å². The first kappa shape index (κ1) is 15.8. The molecule has 2 N–H and O–H groups in total. The number of carbonyl (C=O) groups is 2. The zero-order chi connectivity index (χ0) is 16.4. The van der Waals surface area contributed by atoms with Crippen molar-refractivity contribution in [1.82, 2.24) is 5.32 Å². The lowest BCUT2D eigenvalue weighted by Crippen LogP contribution is -2.52. The molecule has 3 rings (SSSR count). The summed E-state index contributed by atoms with van der Waals surface area (Å²) in [5.74, 6) is -0.318. The zero-order valence-electron chi connectivity index (χ0n) is 13.1. The summed E-state index contributed by atoms with van der Waals surface area (Å²) in [4.78, 5) is 23.1. The fourth-order valence-electron chi connectivity index (χ4n) is 2.60. The highest BCUT2D eigenvalue weighted by Gasteiger charge is 2.46. The number of carboxylic acids is 1. The van der Waals surface area contributed by atoms with Gasteiger partial charge in [-0.2, -0.15) is 0 Å². The minimum absolute atomic E-state index is 0.0826. The molecule has 0 spiro atoms. The molecule has 0 bridgehead atoms. The number of hydrogen-bond donors (Lipinski definition) is 2. The maximum Gasteiger partial charge on any atom is 0.335 e. The molecule has 124 valence electrons. The summed E-state index contributed by atoms with van der Waals surface area (Å²) in [5.41, 5.74) is -0.00447. The average molecular weight is 319 g/mol. The number of carboxylic acid groups (broad SMARTS) is 1. The van der Waals surface area contributed by atoms with Crippen molar-refractivity contribution < 1.29 is 24.2 Å². The molecule has 1 amide bonds.